The Morgan fingerprint density at radius 2 is 2.06 bits per heavy atom. The van der Waals surface area contributed by atoms with Crippen molar-refractivity contribution in [3.8, 4) is 0 Å². The van der Waals surface area contributed by atoms with Crippen LogP contribution in [0, 0.1) is 5.82 Å². The number of alkyl halides is 1. The third kappa shape index (κ3) is 4.47. The molecule has 0 saturated carbocycles. The molecule has 5 rings (SSSR count). The van der Waals surface area contributed by atoms with E-state index in [9.17, 15) is 17.2 Å². The summed E-state index contributed by atoms with van der Waals surface area (Å²) in [4.78, 5) is 6.91. The van der Waals surface area contributed by atoms with E-state index in [0.29, 0.717) is 48.2 Å². The van der Waals surface area contributed by atoms with E-state index in [-0.39, 0.29) is 16.5 Å². The van der Waals surface area contributed by atoms with Crippen LogP contribution in [0.2, 0.25) is 0 Å². The molecule has 176 valence electrons. The number of thiazole rings is 1. The average molecular weight is 495 g/mol. The number of ether oxygens (including phenoxy) is 1. The van der Waals surface area contributed by atoms with Crippen LogP contribution < -0.4 is 5.32 Å². The molecule has 2 aliphatic heterocycles. The molecule has 3 aromatic rings. The topological polar surface area (TPSA) is 74.8 Å². The predicted octanol–water partition coefficient (Wildman–Crippen LogP) is 3.26. The lowest BCUT2D eigenvalue weighted by atomic mass is 10.1. The van der Waals surface area contributed by atoms with Crippen molar-refractivity contribution in [3.05, 3.63) is 53.8 Å². The summed E-state index contributed by atoms with van der Waals surface area (Å²) in [6, 6.07) is 10.0. The number of fused-ring (bicyclic) bond motifs is 2. The average Bonchev–Trinajstić information content (AvgIpc) is 3.24. The summed E-state index contributed by atoms with van der Waals surface area (Å²) in [7, 11) is -3.67. The van der Waals surface area contributed by atoms with Crippen molar-refractivity contribution < 1.29 is 21.9 Å². The Labute approximate surface area is 195 Å². The van der Waals surface area contributed by atoms with Gasteiger partial charge in [0.05, 0.1) is 34.4 Å². The van der Waals surface area contributed by atoms with Gasteiger partial charge in [-0.2, -0.15) is 4.31 Å². The molecule has 0 radical (unpaired) electrons. The highest BCUT2D eigenvalue weighted by molar-refractivity contribution is 7.89. The summed E-state index contributed by atoms with van der Waals surface area (Å²) in [5, 5.41) is 3.34. The first kappa shape index (κ1) is 22.6. The van der Waals surface area contributed by atoms with E-state index in [4.69, 9.17) is 4.74 Å². The van der Waals surface area contributed by atoms with E-state index < -0.39 is 28.6 Å². The number of rotatable bonds is 6. The van der Waals surface area contributed by atoms with Gasteiger partial charge in [-0.1, -0.05) is 29.5 Å². The Kier molecular flexibility index (Phi) is 6.32. The van der Waals surface area contributed by atoms with E-state index in [1.807, 2.05) is 0 Å². The van der Waals surface area contributed by atoms with Gasteiger partial charge < -0.3 is 10.1 Å². The third-order valence-corrected chi connectivity index (χ3v) is 8.94. The van der Waals surface area contributed by atoms with E-state index in [1.54, 1.807) is 30.3 Å². The van der Waals surface area contributed by atoms with Gasteiger partial charge in [0.15, 0.2) is 5.13 Å². The van der Waals surface area contributed by atoms with Gasteiger partial charge in [0.2, 0.25) is 10.0 Å². The smallest absolute Gasteiger partial charge is 0.243 e. The van der Waals surface area contributed by atoms with Crippen molar-refractivity contribution in [2.45, 2.75) is 17.0 Å². The Bertz CT molecular complexity index is 1250. The normalized spacial score (nSPS) is 21.1. The monoisotopic (exact) mass is 494 g/mol. The van der Waals surface area contributed by atoms with Crippen molar-refractivity contribution in [2.24, 2.45) is 0 Å². The van der Waals surface area contributed by atoms with Crippen molar-refractivity contribution in [3.63, 3.8) is 0 Å². The van der Waals surface area contributed by atoms with Gasteiger partial charge >= 0.3 is 0 Å². The molecule has 0 spiro atoms. The van der Waals surface area contributed by atoms with Gasteiger partial charge in [-0.25, -0.2) is 22.2 Å². The van der Waals surface area contributed by atoms with Gasteiger partial charge in [-0.3, -0.25) is 4.90 Å². The fourth-order valence-electron chi connectivity index (χ4n) is 4.32. The molecule has 1 aromatic heterocycles. The minimum atomic E-state index is -3.67. The van der Waals surface area contributed by atoms with Crippen LogP contribution in [0.15, 0.2) is 47.4 Å². The summed E-state index contributed by atoms with van der Waals surface area (Å²) in [5.74, 6) is -0.495. The molecule has 7 nitrogen and oxygen atoms in total. The molecule has 2 saturated heterocycles. The van der Waals surface area contributed by atoms with Crippen LogP contribution in [0.25, 0.3) is 10.2 Å². The lowest BCUT2D eigenvalue weighted by Gasteiger charge is -2.43. The van der Waals surface area contributed by atoms with Crippen LogP contribution in [0.4, 0.5) is 13.9 Å². The van der Waals surface area contributed by atoms with Gasteiger partial charge in [0.1, 0.15) is 12.5 Å². The van der Waals surface area contributed by atoms with E-state index >= 15 is 0 Å². The molecule has 2 aromatic carbocycles. The number of halogens is 2. The summed E-state index contributed by atoms with van der Waals surface area (Å²) < 4.78 is 62.0. The second kappa shape index (κ2) is 9.22. The Morgan fingerprint density at radius 1 is 1.21 bits per heavy atom. The molecule has 1 N–H and O–H groups in total. The van der Waals surface area contributed by atoms with Gasteiger partial charge in [0.25, 0.3) is 0 Å². The lowest BCUT2D eigenvalue weighted by Crippen LogP contribution is -2.58. The first-order chi connectivity index (χ1) is 16.0. The molecular weight excluding hydrogens is 470 g/mol. The number of nitrogens with one attached hydrogen (secondary N) is 1. The van der Waals surface area contributed by atoms with E-state index in [2.05, 4.69) is 15.2 Å². The Hall–Kier alpha value is -2.18. The number of hydrogen-bond donors (Lipinski definition) is 1. The van der Waals surface area contributed by atoms with Gasteiger partial charge in [0, 0.05) is 37.8 Å². The maximum absolute atomic E-state index is 14.1. The molecule has 0 bridgehead atoms. The molecule has 33 heavy (non-hydrogen) atoms. The molecule has 2 fully saturated rings. The van der Waals surface area contributed by atoms with Crippen molar-refractivity contribution in [2.75, 3.05) is 51.4 Å². The first-order valence-electron chi connectivity index (χ1n) is 10.7. The molecule has 11 heteroatoms. The molecule has 3 heterocycles. The van der Waals surface area contributed by atoms with Crippen LogP contribution in [0.3, 0.4) is 0 Å². The highest BCUT2D eigenvalue weighted by Gasteiger charge is 2.35. The second-order valence-corrected chi connectivity index (χ2v) is 11.1. The van der Waals surface area contributed by atoms with Crippen LogP contribution in [0.1, 0.15) is 11.6 Å². The Balaban J connectivity index is 1.37. The number of morpholine rings is 1. The largest absolute Gasteiger partial charge is 0.378 e. The SMILES string of the molecule is O=S(=O)(c1ccc2nc(NC(CF)c3ccccc3F)sc2c1)N1CCN2CCOCC2C1. The quantitative estimate of drug-likeness (QED) is 0.567. The zero-order valence-corrected chi connectivity index (χ0v) is 19.4. The van der Waals surface area contributed by atoms with Crippen LogP contribution in [-0.4, -0.2) is 74.7 Å². The third-order valence-electron chi connectivity index (χ3n) is 6.13. The minimum Gasteiger partial charge on any atom is -0.378 e. The number of piperazine rings is 1. The maximum atomic E-state index is 14.1. The van der Waals surface area contributed by atoms with Crippen LogP contribution in [-0.2, 0) is 14.8 Å². The van der Waals surface area contributed by atoms with E-state index in [1.165, 1.54) is 27.8 Å². The zero-order valence-electron chi connectivity index (χ0n) is 17.8. The molecule has 2 atom stereocenters. The van der Waals surface area contributed by atoms with Crippen LogP contribution >= 0.6 is 11.3 Å². The highest BCUT2D eigenvalue weighted by Crippen LogP contribution is 2.32. The minimum absolute atomic E-state index is 0.0706. The van der Waals surface area contributed by atoms with Crippen molar-refractivity contribution in [1.29, 1.82) is 0 Å². The first-order valence-corrected chi connectivity index (χ1v) is 13.0. The summed E-state index contributed by atoms with van der Waals surface area (Å²) in [6.07, 6.45) is 0. The number of sulfonamides is 1. The molecular formula is C22H24F2N4O3S2. The standard InChI is InChI=1S/C22H24F2N4O3S2/c23-12-20(17-3-1-2-4-18(17)24)26-22-25-19-6-5-16(11-21(19)32-22)33(29,30)28-8-7-27-9-10-31-14-15(27)13-28/h1-6,11,15,20H,7-10,12-14H2,(H,25,26). The molecule has 2 unspecified atom stereocenters. The molecule has 2 aliphatic rings. The fourth-order valence-corrected chi connectivity index (χ4v) is 6.85. The fraction of sp³-hybridized carbons (Fsp3) is 0.409. The summed E-state index contributed by atoms with van der Waals surface area (Å²) >= 11 is 1.21. The summed E-state index contributed by atoms with van der Waals surface area (Å²) in [6.45, 7) is 2.75. The number of hydrogen-bond acceptors (Lipinski definition) is 7. The molecule has 0 amide bonds. The number of aromatic nitrogens is 1. The summed E-state index contributed by atoms with van der Waals surface area (Å²) in [5.41, 5.74) is 0.812. The van der Waals surface area contributed by atoms with Crippen molar-refractivity contribution >= 4 is 36.7 Å². The number of nitrogens with zero attached hydrogens (tertiary/aromatic N) is 3. The highest BCUT2D eigenvalue weighted by atomic mass is 32.2. The predicted molar refractivity (Wildman–Crippen MR) is 123 cm³/mol. The zero-order chi connectivity index (χ0) is 23.0. The number of anilines is 1. The van der Waals surface area contributed by atoms with E-state index in [0.717, 1.165) is 6.54 Å². The van der Waals surface area contributed by atoms with Crippen LogP contribution in [0.5, 0.6) is 0 Å². The van der Waals surface area contributed by atoms with Gasteiger partial charge in [-0.15, -0.1) is 0 Å². The van der Waals surface area contributed by atoms with Gasteiger partial charge in [-0.05, 0) is 24.3 Å². The second-order valence-electron chi connectivity index (χ2n) is 8.15. The number of benzene rings is 2. The lowest BCUT2D eigenvalue weighted by molar-refractivity contribution is -0.0304. The Morgan fingerprint density at radius 3 is 2.88 bits per heavy atom. The molecule has 0 aliphatic carbocycles. The van der Waals surface area contributed by atoms with Crippen molar-refractivity contribution in [1.82, 2.24) is 14.2 Å². The maximum Gasteiger partial charge on any atom is 0.243 e.